The smallest absolute Gasteiger partial charge is 0.0923 e. The highest BCUT2D eigenvalue weighted by atomic mass is 16.5. The van der Waals surface area contributed by atoms with Crippen molar-refractivity contribution in [3.8, 4) is 0 Å². The van der Waals surface area contributed by atoms with Gasteiger partial charge < -0.3 is 20.1 Å². The summed E-state index contributed by atoms with van der Waals surface area (Å²) in [4.78, 5) is 7.55. The lowest BCUT2D eigenvalue weighted by Gasteiger charge is -2.66. The highest BCUT2D eigenvalue weighted by Gasteiger charge is 2.66. The summed E-state index contributed by atoms with van der Waals surface area (Å²) in [6.45, 7) is 16.6. The molecule has 5 nitrogen and oxygen atoms in total. The fourth-order valence-electron chi connectivity index (χ4n) is 11.7. The van der Waals surface area contributed by atoms with E-state index in [-0.39, 0.29) is 11.5 Å². The Labute approximate surface area is 277 Å². The zero-order chi connectivity index (χ0) is 32.1. The van der Waals surface area contributed by atoms with Gasteiger partial charge in [0.2, 0.25) is 0 Å². The van der Waals surface area contributed by atoms with Gasteiger partial charge in [-0.1, -0.05) is 86.0 Å². The second-order valence-corrected chi connectivity index (χ2v) is 17.2. The van der Waals surface area contributed by atoms with Gasteiger partial charge in [-0.15, -0.1) is 0 Å². The van der Waals surface area contributed by atoms with Crippen molar-refractivity contribution in [1.82, 2.24) is 15.3 Å². The molecule has 4 aliphatic rings. The van der Waals surface area contributed by atoms with Gasteiger partial charge in [0.25, 0.3) is 0 Å². The summed E-state index contributed by atoms with van der Waals surface area (Å²) >= 11 is 0. The Morgan fingerprint density at radius 2 is 1.80 bits per heavy atom. The van der Waals surface area contributed by atoms with Gasteiger partial charge >= 0.3 is 0 Å². The molecule has 0 aliphatic heterocycles. The molecule has 11 atom stereocenters. The average Bonchev–Trinajstić information content (AvgIpc) is 3.66. The monoisotopic (exact) mass is 626 g/mol. The number of fused-ring (bicyclic) bond motifs is 5. The van der Waals surface area contributed by atoms with E-state index < -0.39 is 5.60 Å². The third-order valence-corrected chi connectivity index (χ3v) is 14.4. The summed E-state index contributed by atoms with van der Waals surface area (Å²) in [5.74, 6) is 4.54. The molecule has 0 amide bonds. The van der Waals surface area contributed by atoms with Gasteiger partial charge in [0.05, 0.1) is 23.7 Å². The number of imidazole rings is 1. The van der Waals surface area contributed by atoms with Crippen molar-refractivity contribution in [2.45, 2.75) is 175 Å². The van der Waals surface area contributed by atoms with Gasteiger partial charge in [-0.3, -0.25) is 0 Å². The maximum absolute atomic E-state index is 12.5. The lowest BCUT2D eigenvalue weighted by molar-refractivity contribution is -0.220. The van der Waals surface area contributed by atoms with Gasteiger partial charge in [-0.05, 0) is 106 Å². The second kappa shape index (κ2) is 15.5. The first-order valence-electron chi connectivity index (χ1n) is 19.7. The predicted octanol–water partition coefficient (Wildman–Crippen LogP) is 9.50. The SMILES string of the molecule is CCCCCCC(C)OCC(C)CCC[C@@H](C)[C@H]1CC[C@H]2[C@@H]3C[C@@H](NCCc4c[nH]cn4)[C@@]4(O)CCCC[C@]4(C)[C@H]3CC[C@]12C. The molecule has 45 heavy (non-hydrogen) atoms. The number of unbranched alkanes of at least 4 members (excludes halogenated alkanes) is 3. The molecule has 5 rings (SSSR count). The van der Waals surface area contributed by atoms with Crippen LogP contribution in [0, 0.1) is 46.3 Å². The molecule has 4 saturated carbocycles. The molecular formula is C40H71N3O2. The Morgan fingerprint density at radius 1 is 0.978 bits per heavy atom. The maximum atomic E-state index is 12.5. The molecule has 5 heteroatoms. The van der Waals surface area contributed by atoms with Crippen LogP contribution in [0.25, 0.3) is 0 Å². The normalized spacial score (nSPS) is 38.2. The fourth-order valence-corrected chi connectivity index (χ4v) is 11.7. The van der Waals surface area contributed by atoms with Gasteiger partial charge in [-0.25, -0.2) is 4.98 Å². The standard InChI is InChI=1S/C40H71N3O2/c1-7-8-9-10-16-31(4)45-27-29(2)14-13-15-30(3)34-17-18-35-33-25-37(42-24-20-32-26-41-28-43-32)40(44)22-12-11-21-39(40,6)36(33)19-23-38(34,35)5/h26,28-31,33-37,42,44H,7-25,27H2,1-6H3,(H,41,43)/t29?,30-,31?,33+,34-,35+,36+,37-,38-,39-,40+/m1/s1. The topological polar surface area (TPSA) is 70.2 Å². The number of aromatic amines is 1. The van der Waals surface area contributed by atoms with E-state index in [1.54, 1.807) is 6.33 Å². The second-order valence-electron chi connectivity index (χ2n) is 17.2. The lowest BCUT2D eigenvalue weighted by atomic mass is 9.42. The van der Waals surface area contributed by atoms with E-state index in [4.69, 9.17) is 4.74 Å². The largest absolute Gasteiger partial charge is 0.388 e. The van der Waals surface area contributed by atoms with Crippen molar-refractivity contribution < 1.29 is 9.84 Å². The van der Waals surface area contributed by atoms with Crippen LogP contribution in [0.1, 0.15) is 156 Å². The number of hydrogen-bond donors (Lipinski definition) is 3. The fraction of sp³-hybridized carbons (Fsp3) is 0.925. The quantitative estimate of drug-likeness (QED) is 0.151. The van der Waals surface area contributed by atoms with E-state index >= 15 is 0 Å². The molecule has 0 spiro atoms. The van der Waals surface area contributed by atoms with E-state index in [1.165, 1.54) is 96.3 Å². The zero-order valence-electron chi connectivity index (χ0n) is 30.2. The highest BCUT2D eigenvalue weighted by molar-refractivity contribution is 5.18. The molecule has 2 unspecified atom stereocenters. The third kappa shape index (κ3) is 7.56. The van der Waals surface area contributed by atoms with Crippen molar-refractivity contribution in [1.29, 1.82) is 0 Å². The third-order valence-electron chi connectivity index (χ3n) is 14.4. The Hall–Kier alpha value is -0.910. The number of H-pyrrole nitrogens is 1. The van der Waals surface area contributed by atoms with Crippen LogP contribution in [0.5, 0.6) is 0 Å². The van der Waals surface area contributed by atoms with Crippen LogP contribution in [0.4, 0.5) is 0 Å². The molecule has 0 radical (unpaired) electrons. The Bertz CT molecular complexity index is 1020. The molecule has 258 valence electrons. The van der Waals surface area contributed by atoms with Gasteiger partial charge in [-0.2, -0.15) is 0 Å². The van der Waals surface area contributed by atoms with Crippen molar-refractivity contribution in [2.24, 2.45) is 46.3 Å². The van der Waals surface area contributed by atoms with E-state index in [0.717, 1.165) is 61.8 Å². The Morgan fingerprint density at radius 3 is 2.58 bits per heavy atom. The lowest BCUT2D eigenvalue weighted by Crippen LogP contribution is -2.70. The molecule has 0 aromatic carbocycles. The van der Waals surface area contributed by atoms with Crippen LogP contribution in [-0.2, 0) is 11.2 Å². The van der Waals surface area contributed by atoms with Crippen LogP contribution < -0.4 is 5.32 Å². The molecule has 1 heterocycles. The average molecular weight is 626 g/mol. The van der Waals surface area contributed by atoms with Gasteiger partial charge in [0, 0.05) is 37.2 Å². The molecule has 4 fully saturated rings. The van der Waals surface area contributed by atoms with E-state index in [0.29, 0.717) is 23.4 Å². The number of rotatable bonds is 17. The first-order chi connectivity index (χ1) is 21.6. The van der Waals surface area contributed by atoms with E-state index in [2.05, 4.69) is 56.8 Å². The minimum absolute atomic E-state index is 0.0361. The summed E-state index contributed by atoms with van der Waals surface area (Å²) in [6.07, 6.45) is 27.0. The van der Waals surface area contributed by atoms with Gasteiger partial charge in [0.1, 0.15) is 0 Å². The van der Waals surface area contributed by atoms with E-state index in [1.807, 2.05) is 6.20 Å². The summed E-state index contributed by atoms with van der Waals surface area (Å²) < 4.78 is 6.26. The predicted molar refractivity (Wildman–Crippen MR) is 187 cm³/mol. The number of hydrogen-bond acceptors (Lipinski definition) is 4. The molecule has 1 aromatic heterocycles. The Kier molecular flexibility index (Phi) is 12.2. The van der Waals surface area contributed by atoms with Crippen molar-refractivity contribution in [3.63, 3.8) is 0 Å². The number of nitrogens with one attached hydrogen (secondary N) is 2. The number of ether oxygens (including phenoxy) is 1. The number of aromatic nitrogens is 2. The van der Waals surface area contributed by atoms with Crippen LogP contribution in [0.3, 0.4) is 0 Å². The molecule has 0 saturated heterocycles. The van der Waals surface area contributed by atoms with Crippen molar-refractivity contribution in [2.75, 3.05) is 13.2 Å². The zero-order valence-corrected chi connectivity index (χ0v) is 30.2. The summed E-state index contributed by atoms with van der Waals surface area (Å²) in [6, 6.07) is 0.199. The van der Waals surface area contributed by atoms with Crippen molar-refractivity contribution >= 4 is 0 Å². The summed E-state index contributed by atoms with van der Waals surface area (Å²) in [7, 11) is 0. The minimum Gasteiger partial charge on any atom is -0.388 e. The number of aliphatic hydroxyl groups is 1. The Balaban J connectivity index is 1.15. The molecule has 0 bridgehead atoms. The van der Waals surface area contributed by atoms with Crippen LogP contribution in [0.15, 0.2) is 12.5 Å². The molecule has 4 aliphatic carbocycles. The first kappa shape index (κ1) is 35.4. The van der Waals surface area contributed by atoms with Crippen LogP contribution >= 0.6 is 0 Å². The van der Waals surface area contributed by atoms with Crippen LogP contribution in [0.2, 0.25) is 0 Å². The minimum atomic E-state index is -0.579. The molecule has 3 N–H and O–H groups in total. The first-order valence-corrected chi connectivity index (χ1v) is 19.7. The van der Waals surface area contributed by atoms with Gasteiger partial charge in [0.15, 0.2) is 0 Å². The van der Waals surface area contributed by atoms with Crippen LogP contribution in [-0.4, -0.2) is 46.0 Å². The highest BCUT2D eigenvalue weighted by Crippen LogP contribution is 2.69. The summed E-state index contributed by atoms with van der Waals surface area (Å²) in [5, 5.41) is 16.5. The number of nitrogens with zero attached hydrogens (tertiary/aromatic N) is 1. The maximum Gasteiger partial charge on any atom is 0.0923 e. The summed E-state index contributed by atoms with van der Waals surface area (Å²) in [5.41, 5.74) is 1.03. The molecule has 1 aromatic rings. The van der Waals surface area contributed by atoms with E-state index in [9.17, 15) is 5.11 Å². The molecular weight excluding hydrogens is 554 g/mol. The van der Waals surface area contributed by atoms with Crippen molar-refractivity contribution in [3.05, 3.63) is 18.2 Å².